The molecule has 0 fully saturated rings. The van der Waals surface area contributed by atoms with E-state index in [1.54, 1.807) is 31.8 Å². The molecule has 1 aromatic carbocycles. The first-order chi connectivity index (χ1) is 13.1. The first kappa shape index (κ1) is 18.7. The number of hydrogen-bond acceptors (Lipinski definition) is 6. The first-order valence-corrected chi connectivity index (χ1v) is 8.71. The van der Waals surface area contributed by atoms with E-state index in [9.17, 15) is 9.59 Å². The van der Waals surface area contributed by atoms with Crippen molar-refractivity contribution in [3.63, 3.8) is 0 Å². The van der Waals surface area contributed by atoms with Gasteiger partial charge < -0.3 is 14.6 Å². The minimum Gasteiger partial charge on any atom is -0.385 e. The third-order valence-electron chi connectivity index (χ3n) is 4.21. The number of nitrogens with zero attached hydrogens (tertiary/aromatic N) is 5. The quantitative estimate of drug-likeness (QED) is 0.591. The molecule has 0 spiro atoms. The van der Waals surface area contributed by atoms with Crippen molar-refractivity contribution >= 4 is 16.7 Å². The lowest BCUT2D eigenvalue weighted by atomic mass is 10.2. The van der Waals surface area contributed by atoms with Crippen LogP contribution in [0.15, 0.2) is 41.6 Å². The molecule has 0 aliphatic heterocycles. The second kappa shape index (κ2) is 8.54. The van der Waals surface area contributed by atoms with Crippen LogP contribution in [0.4, 0.5) is 0 Å². The van der Waals surface area contributed by atoms with Gasteiger partial charge in [-0.25, -0.2) is 4.68 Å². The highest BCUT2D eigenvalue weighted by atomic mass is 16.5. The van der Waals surface area contributed by atoms with E-state index in [0.29, 0.717) is 24.4 Å². The predicted molar refractivity (Wildman–Crippen MR) is 99.1 cm³/mol. The van der Waals surface area contributed by atoms with E-state index >= 15 is 0 Å². The maximum atomic E-state index is 12.5. The molecule has 1 atom stereocenters. The van der Waals surface area contributed by atoms with E-state index in [1.807, 2.05) is 23.6 Å². The number of aromatic nitrogens is 5. The zero-order valence-corrected chi connectivity index (χ0v) is 15.3. The molecule has 0 bridgehead atoms. The van der Waals surface area contributed by atoms with Gasteiger partial charge in [0.25, 0.3) is 5.56 Å². The summed E-state index contributed by atoms with van der Waals surface area (Å²) in [7, 11) is 1.65. The summed E-state index contributed by atoms with van der Waals surface area (Å²) in [6.45, 7) is 2.99. The monoisotopic (exact) mass is 370 g/mol. The van der Waals surface area contributed by atoms with Gasteiger partial charge in [0.15, 0.2) is 5.82 Å². The Morgan fingerprint density at radius 1 is 1.33 bits per heavy atom. The number of hydrogen-bond donors (Lipinski definition) is 1. The summed E-state index contributed by atoms with van der Waals surface area (Å²) >= 11 is 0. The number of methoxy groups -OCH3 is 1. The van der Waals surface area contributed by atoms with Gasteiger partial charge in [-0.1, -0.05) is 18.2 Å². The predicted octanol–water partition coefficient (Wildman–Crippen LogP) is 0.902. The molecule has 0 radical (unpaired) electrons. The maximum Gasteiger partial charge on any atom is 0.275 e. The summed E-state index contributed by atoms with van der Waals surface area (Å²) in [5, 5.41) is 16.2. The number of rotatable bonds is 8. The van der Waals surface area contributed by atoms with Crippen molar-refractivity contribution in [2.75, 3.05) is 13.7 Å². The number of nitrogens with one attached hydrogen (secondary N) is 1. The second-order valence-corrected chi connectivity index (χ2v) is 6.21. The molecular formula is C18H22N6O3. The summed E-state index contributed by atoms with van der Waals surface area (Å²) in [6.07, 6.45) is 4.03. The standard InChI is InChI=1S/C18H22N6O3/c1-13(17-22-19-12-23(17)8-5-9-27-2)21-16(25)11-24-18(26)15-7-4-3-6-14(15)10-20-24/h3-4,6-7,10,12-13H,5,8-9,11H2,1-2H3,(H,21,25). The molecule has 3 aromatic rings. The molecule has 0 saturated heterocycles. The fourth-order valence-electron chi connectivity index (χ4n) is 2.88. The van der Waals surface area contributed by atoms with Gasteiger partial charge in [-0.2, -0.15) is 5.10 Å². The van der Waals surface area contributed by atoms with Crippen molar-refractivity contribution in [3.8, 4) is 0 Å². The molecule has 9 heteroatoms. The van der Waals surface area contributed by atoms with Crippen LogP contribution in [0.5, 0.6) is 0 Å². The van der Waals surface area contributed by atoms with Gasteiger partial charge in [0.2, 0.25) is 5.91 Å². The van der Waals surface area contributed by atoms with Crippen molar-refractivity contribution in [2.24, 2.45) is 0 Å². The fourth-order valence-corrected chi connectivity index (χ4v) is 2.88. The van der Waals surface area contributed by atoms with Crippen molar-refractivity contribution in [2.45, 2.75) is 32.5 Å². The Kier molecular flexibility index (Phi) is 5.92. The van der Waals surface area contributed by atoms with Crippen LogP contribution in [-0.4, -0.2) is 44.2 Å². The Balaban J connectivity index is 1.67. The lowest BCUT2D eigenvalue weighted by Gasteiger charge is -2.15. The van der Waals surface area contributed by atoms with E-state index in [1.165, 1.54) is 0 Å². The molecule has 0 aliphatic carbocycles. The van der Waals surface area contributed by atoms with Gasteiger partial charge >= 0.3 is 0 Å². The summed E-state index contributed by atoms with van der Waals surface area (Å²) in [4.78, 5) is 24.9. The number of amides is 1. The van der Waals surface area contributed by atoms with Crippen molar-refractivity contribution in [1.29, 1.82) is 0 Å². The smallest absolute Gasteiger partial charge is 0.275 e. The zero-order chi connectivity index (χ0) is 19.2. The number of aryl methyl sites for hydroxylation is 1. The Labute approximate surface area is 156 Å². The number of carbonyl (C=O) groups excluding carboxylic acids is 1. The van der Waals surface area contributed by atoms with Crippen LogP contribution in [0.2, 0.25) is 0 Å². The Morgan fingerprint density at radius 2 is 2.15 bits per heavy atom. The lowest BCUT2D eigenvalue weighted by molar-refractivity contribution is -0.122. The molecule has 2 aromatic heterocycles. The van der Waals surface area contributed by atoms with E-state index in [-0.39, 0.29) is 24.1 Å². The van der Waals surface area contributed by atoms with Gasteiger partial charge in [-0.3, -0.25) is 9.59 Å². The van der Waals surface area contributed by atoms with Gasteiger partial charge in [0.1, 0.15) is 12.9 Å². The molecule has 9 nitrogen and oxygen atoms in total. The molecule has 1 amide bonds. The Morgan fingerprint density at radius 3 is 2.96 bits per heavy atom. The number of carbonyl (C=O) groups is 1. The van der Waals surface area contributed by atoms with E-state index in [2.05, 4.69) is 20.6 Å². The average molecular weight is 370 g/mol. The van der Waals surface area contributed by atoms with E-state index in [0.717, 1.165) is 16.5 Å². The maximum absolute atomic E-state index is 12.5. The van der Waals surface area contributed by atoms with Gasteiger partial charge in [-0.15, -0.1) is 10.2 Å². The van der Waals surface area contributed by atoms with Crippen LogP contribution in [0.3, 0.4) is 0 Å². The molecule has 1 N–H and O–H groups in total. The molecule has 27 heavy (non-hydrogen) atoms. The topological polar surface area (TPSA) is 104 Å². The summed E-state index contributed by atoms with van der Waals surface area (Å²) in [5.41, 5.74) is -0.293. The second-order valence-electron chi connectivity index (χ2n) is 6.21. The van der Waals surface area contributed by atoms with Crippen LogP contribution >= 0.6 is 0 Å². The molecular weight excluding hydrogens is 348 g/mol. The van der Waals surface area contributed by atoms with Crippen LogP contribution in [-0.2, 0) is 22.6 Å². The van der Waals surface area contributed by atoms with E-state index < -0.39 is 0 Å². The molecule has 142 valence electrons. The van der Waals surface area contributed by atoms with Crippen molar-refractivity contribution in [1.82, 2.24) is 29.9 Å². The van der Waals surface area contributed by atoms with Crippen molar-refractivity contribution in [3.05, 3.63) is 53.0 Å². The highest BCUT2D eigenvalue weighted by molar-refractivity contribution is 5.81. The third kappa shape index (κ3) is 4.37. The van der Waals surface area contributed by atoms with Crippen molar-refractivity contribution < 1.29 is 9.53 Å². The van der Waals surface area contributed by atoms with E-state index in [4.69, 9.17) is 4.74 Å². The first-order valence-electron chi connectivity index (χ1n) is 8.71. The molecule has 2 heterocycles. The van der Waals surface area contributed by atoms with Gasteiger partial charge in [0, 0.05) is 25.6 Å². The average Bonchev–Trinajstić information content (AvgIpc) is 3.13. The highest BCUT2D eigenvalue weighted by Crippen LogP contribution is 2.10. The summed E-state index contributed by atoms with van der Waals surface area (Å²) < 4.78 is 8.09. The SMILES string of the molecule is COCCCn1cnnc1C(C)NC(=O)Cn1ncc2ccccc2c1=O. The fraction of sp³-hybridized carbons (Fsp3) is 0.389. The van der Waals surface area contributed by atoms with Crippen LogP contribution in [0, 0.1) is 0 Å². The Hall–Kier alpha value is -3.07. The Bertz CT molecular complexity index is 980. The largest absolute Gasteiger partial charge is 0.385 e. The molecule has 0 saturated carbocycles. The molecule has 3 rings (SSSR count). The molecule has 1 unspecified atom stereocenters. The zero-order valence-electron chi connectivity index (χ0n) is 15.3. The summed E-state index contributed by atoms with van der Waals surface area (Å²) in [6, 6.07) is 6.81. The number of fused-ring (bicyclic) bond motifs is 1. The minimum atomic E-state index is -0.348. The lowest BCUT2D eigenvalue weighted by Crippen LogP contribution is -2.35. The van der Waals surface area contributed by atoms with Crippen LogP contribution in [0.25, 0.3) is 10.8 Å². The number of ether oxygens (including phenoxy) is 1. The van der Waals surface area contributed by atoms with Gasteiger partial charge in [0.05, 0.1) is 17.6 Å². The molecule has 0 aliphatic rings. The number of benzene rings is 1. The minimum absolute atomic E-state index is 0.161. The summed E-state index contributed by atoms with van der Waals surface area (Å²) in [5.74, 6) is 0.331. The normalized spacial score (nSPS) is 12.2. The van der Waals surface area contributed by atoms with Crippen LogP contribution < -0.4 is 10.9 Å². The van der Waals surface area contributed by atoms with Crippen LogP contribution in [0.1, 0.15) is 25.2 Å². The highest BCUT2D eigenvalue weighted by Gasteiger charge is 2.17. The third-order valence-corrected chi connectivity index (χ3v) is 4.21. The van der Waals surface area contributed by atoms with Gasteiger partial charge in [-0.05, 0) is 19.4 Å².